The first kappa shape index (κ1) is 13.6. The van der Waals surface area contributed by atoms with Gasteiger partial charge in [-0.25, -0.2) is 26.9 Å². The Morgan fingerprint density at radius 3 is 2.74 bits per heavy atom. The summed E-state index contributed by atoms with van der Waals surface area (Å²) >= 11 is 0. The fourth-order valence-corrected chi connectivity index (χ4v) is 2.60. The van der Waals surface area contributed by atoms with E-state index in [0.29, 0.717) is 12.5 Å². The van der Waals surface area contributed by atoms with Gasteiger partial charge in [-0.05, 0) is 12.1 Å². The Hall–Kier alpha value is -1.80. The number of H-pyrrole nitrogens is 1. The number of hydrogen-bond acceptors (Lipinski definition) is 3. The Morgan fingerprint density at radius 1 is 1.32 bits per heavy atom. The molecule has 8 heteroatoms. The van der Waals surface area contributed by atoms with E-state index < -0.39 is 26.6 Å². The number of aromatic amines is 1. The minimum absolute atomic E-state index is 0.0847. The molecule has 5 nitrogen and oxygen atoms in total. The maximum absolute atomic E-state index is 13.4. The van der Waals surface area contributed by atoms with E-state index >= 15 is 0 Å². The Morgan fingerprint density at radius 2 is 2.11 bits per heavy atom. The molecular weight excluding hydrogens is 276 g/mol. The van der Waals surface area contributed by atoms with Crippen molar-refractivity contribution in [3.8, 4) is 0 Å². The van der Waals surface area contributed by atoms with Crippen LogP contribution in [-0.2, 0) is 16.4 Å². The lowest BCUT2D eigenvalue weighted by Crippen LogP contribution is -2.26. The Kier molecular flexibility index (Phi) is 3.91. The molecule has 2 N–H and O–H groups in total. The first-order valence-electron chi connectivity index (χ1n) is 5.41. The van der Waals surface area contributed by atoms with Crippen LogP contribution in [0, 0.1) is 11.6 Å². The summed E-state index contributed by atoms with van der Waals surface area (Å²) in [4.78, 5) is 6.03. The predicted molar refractivity (Wildman–Crippen MR) is 63.8 cm³/mol. The molecule has 1 aromatic carbocycles. The summed E-state index contributed by atoms with van der Waals surface area (Å²) in [5, 5.41) is 0. The number of aromatic nitrogens is 2. The second kappa shape index (κ2) is 5.45. The van der Waals surface area contributed by atoms with Crippen molar-refractivity contribution in [1.82, 2.24) is 14.7 Å². The second-order valence-electron chi connectivity index (χ2n) is 3.80. The monoisotopic (exact) mass is 287 g/mol. The van der Waals surface area contributed by atoms with Gasteiger partial charge in [-0.2, -0.15) is 0 Å². The van der Waals surface area contributed by atoms with Crippen LogP contribution < -0.4 is 4.72 Å². The molecule has 0 aliphatic heterocycles. The SMILES string of the molecule is O=S(=O)(NCCc1cnc[nH]1)c1ccc(F)cc1F. The molecule has 19 heavy (non-hydrogen) atoms. The second-order valence-corrected chi connectivity index (χ2v) is 5.53. The maximum atomic E-state index is 13.4. The third-order valence-corrected chi connectivity index (χ3v) is 3.92. The zero-order valence-electron chi connectivity index (χ0n) is 9.73. The summed E-state index contributed by atoms with van der Waals surface area (Å²) in [6.07, 6.45) is 3.43. The molecule has 0 bridgehead atoms. The molecular formula is C11H11F2N3O2S. The maximum Gasteiger partial charge on any atom is 0.243 e. The number of rotatable bonds is 5. The highest BCUT2D eigenvalue weighted by atomic mass is 32.2. The molecule has 0 saturated carbocycles. The molecule has 0 spiro atoms. The summed E-state index contributed by atoms with van der Waals surface area (Å²) < 4.78 is 51.9. The molecule has 0 unspecified atom stereocenters. The van der Waals surface area contributed by atoms with Crippen molar-refractivity contribution in [2.75, 3.05) is 6.54 Å². The lowest BCUT2D eigenvalue weighted by Gasteiger charge is -2.07. The highest BCUT2D eigenvalue weighted by Crippen LogP contribution is 2.15. The van der Waals surface area contributed by atoms with E-state index in [2.05, 4.69) is 14.7 Å². The van der Waals surface area contributed by atoms with Gasteiger partial charge in [-0.1, -0.05) is 0 Å². The smallest absolute Gasteiger partial charge is 0.243 e. The molecule has 0 aliphatic rings. The molecule has 0 aliphatic carbocycles. The van der Waals surface area contributed by atoms with Crippen LogP contribution in [0.15, 0.2) is 35.6 Å². The number of sulfonamides is 1. The minimum atomic E-state index is -3.99. The number of imidazole rings is 1. The van der Waals surface area contributed by atoms with Gasteiger partial charge in [-0.15, -0.1) is 0 Å². The van der Waals surface area contributed by atoms with Gasteiger partial charge in [0.1, 0.15) is 16.5 Å². The first-order valence-corrected chi connectivity index (χ1v) is 6.89. The van der Waals surface area contributed by atoms with Crippen LogP contribution in [0.25, 0.3) is 0 Å². The third-order valence-electron chi connectivity index (χ3n) is 2.42. The lowest BCUT2D eigenvalue weighted by molar-refractivity contribution is 0.543. The van der Waals surface area contributed by atoms with E-state index in [9.17, 15) is 17.2 Å². The van der Waals surface area contributed by atoms with Crippen molar-refractivity contribution in [1.29, 1.82) is 0 Å². The van der Waals surface area contributed by atoms with Crippen molar-refractivity contribution in [2.24, 2.45) is 0 Å². The topological polar surface area (TPSA) is 74.8 Å². The number of nitrogens with one attached hydrogen (secondary N) is 2. The highest BCUT2D eigenvalue weighted by molar-refractivity contribution is 7.89. The third kappa shape index (κ3) is 3.36. The van der Waals surface area contributed by atoms with E-state index in [-0.39, 0.29) is 6.54 Å². The minimum Gasteiger partial charge on any atom is -0.348 e. The van der Waals surface area contributed by atoms with Crippen LogP contribution >= 0.6 is 0 Å². The van der Waals surface area contributed by atoms with Gasteiger partial charge in [0.25, 0.3) is 0 Å². The quantitative estimate of drug-likeness (QED) is 0.868. The van der Waals surface area contributed by atoms with Gasteiger partial charge >= 0.3 is 0 Å². The van der Waals surface area contributed by atoms with E-state index in [0.717, 1.165) is 17.8 Å². The molecule has 2 aromatic rings. The van der Waals surface area contributed by atoms with Gasteiger partial charge in [0.15, 0.2) is 0 Å². The molecule has 2 rings (SSSR count). The fraction of sp³-hybridized carbons (Fsp3) is 0.182. The van der Waals surface area contributed by atoms with Gasteiger partial charge in [0, 0.05) is 30.9 Å². The molecule has 1 aromatic heterocycles. The highest BCUT2D eigenvalue weighted by Gasteiger charge is 2.18. The van der Waals surface area contributed by atoms with Crippen molar-refractivity contribution < 1.29 is 17.2 Å². The van der Waals surface area contributed by atoms with Gasteiger partial charge < -0.3 is 4.98 Å². The molecule has 0 radical (unpaired) electrons. The zero-order chi connectivity index (χ0) is 13.9. The molecule has 0 amide bonds. The van der Waals surface area contributed by atoms with E-state index in [1.807, 2.05) is 0 Å². The van der Waals surface area contributed by atoms with Crippen LogP contribution in [0.5, 0.6) is 0 Å². The average molecular weight is 287 g/mol. The summed E-state index contributed by atoms with van der Waals surface area (Å²) in [7, 11) is -3.99. The molecule has 0 saturated heterocycles. The van der Waals surface area contributed by atoms with Gasteiger partial charge in [-0.3, -0.25) is 0 Å². The molecule has 0 fully saturated rings. The summed E-state index contributed by atoms with van der Waals surface area (Å²) in [5.41, 5.74) is 0.752. The van der Waals surface area contributed by atoms with Gasteiger partial charge in [0.2, 0.25) is 10.0 Å². The van der Waals surface area contributed by atoms with E-state index in [1.54, 1.807) is 6.20 Å². The van der Waals surface area contributed by atoms with Crippen LogP contribution in [0.2, 0.25) is 0 Å². The van der Waals surface area contributed by atoms with E-state index in [1.165, 1.54) is 6.33 Å². The molecule has 1 heterocycles. The number of nitrogens with zero attached hydrogens (tertiary/aromatic N) is 1. The summed E-state index contributed by atoms with van der Waals surface area (Å²) in [5.74, 6) is -1.94. The Bertz CT molecular complexity index is 657. The normalized spacial score (nSPS) is 11.7. The van der Waals surface area contributed by atoms with Crippen LogP contribution in [0.4, 0.5) is 8.78 Å². The Balaban J connectivity index is 2.05. The van der Waals surface area contributed by atoms with Crippen LogP contribution in [0.3, 0.4) is 0 Å². The fourth-order valence-electron chi connectivity index (χ4n) is 1.51. The number of benzene rings is 1. The lowest BCUT2D eigenvalue weighted by atomic mass is 10.3. The molecule has 0 atom stereocenters. The van der Waals surface area contributed by atoms with Crippen molar-refractivity contribution in [2.45, 2.75) is 11.3 Å². The van der Waals surface area contributed by atoms with Crippen molar-refractivity contribution in [3.05, 3.63) is 48.1 Å². The average Bonchev–Trinajstić information content (AvgIpc) is 2.81. The summed E-state index contributed by atoms with van der Waals surface area (Å²) in [6.45, 7) is 0.0847. The van der Waals surface area contributed by atoms with Crippen molar-refractivity contribution in [3.63, 3.8) is 0 Å². The number of hydrogen-bond donors (Lipinski definition) is 2. The zero-order valence-corrected chi connectivity index (χ0v) is 10.5. The van der Waals surface area contributed by atoms with Gasteiger partial charge in [0.05, 0.1) is 6.33 Å². The van der Waals surface area contributed by atoms with E-state index in [4.69, 9.17) is 0 Å². The van der Waals surface area contributed by atoms with Crippen LogP contribution in [0.1, 0.15) is 5.69 Å². The van der Waals surface area contributed by atoms with Crippen molar-refractivity contribution >= 4 is 10.0 Å². The largest absolute Gasteiger partial charge is 0.348 e. The predicted octanol–water partition coefficient (Wildman–Crippen LogP) is 1.21. The molecule has 102 valence electrons. The Labute approximate surface area is 108 Å². The number of halogens is 2. The van der Waals surface area contributed by atoms with Crippen LogP contribution in [-0.4, -0.2) is 24.9 Å². The summed E-state index contributed by atoms with van der Waals surface area (Å²) in [6, 6.07) is 2.32. The standard InChI is InChI=1S/C11H11F2N3O2S/c12-8-1-2-11(10(13)5-8)19(17,18)16-4-3-9-6-14-7-15-9/h1-2,5-7,16H,3-4H2,(H,14,15). The first-order chi connectivity index (χ1) is 8.99.